The van der Waals surface area contributed by atoms with Gasteiger partial charge in [-0.25, -0.2) is 14.8 Å². The van der Waals surface area contributed by atoms with Gasteiger partial charge < -0.3 is 14.2 Å². The van der Waals surface area contributed by atoms with Gasteiger partial charge in [0, 0.05) is 12.1 Å². The summed E-state index contributed by atoms with van der Waals surface area (Å²) in [6.45, 7) is 7.01. The highest BCUT2D eigenvalue weighted by atomic mass is 16.5. The number of hydrogen-bond donors (Lipinski definition) is 0. The molecule has 0 aliphatic rings. The van der Waals surface area contributed by atoms with Crippen molar-refractivity contribution in [3.63, 3.8) is 0 Å². The molecular weight excluding hydrogens is 320 g/mol. The molecule has 25 heavy (non-hydrogen) atoms. The molecule has 6 heteroatoms. The second-order valence-electron chi connectivity index (χ2n) is 5.30. The lowest BCUT2D eigenvalue weighted by atomic mass is 10.1. The predicted molar refractivity (Wildman–Crippen MR) is 95.3 cm³/mol. The van der Waals surface area contributed by atoms with Gasteiger partial charge in [0.15, 0.2) is 11.5 Å². The molecule has 3 aromatic rings. The van der Waals surface area contributed by atoms with Gasteiger partial charge in [0.25, 0.3) is 0 Å². The molecule has 0 aliphatic carbocycles. The predicted octanol–water partition coefficient (Wildman–Crippen LogP) is 3.76. The molecule has 0 N–H and O–H groups in total. The standard InChI is InChI=1S/C19H20N2O4/c1-4-23-17-10-15-16(11-18(17)24-5-2)21-14-9-12(19(22)25-6-3)7-8-13(14)20-15/h7-11H,4-6H2,1-3H3. The summed E-state index contributed by atoms with van der Waals surface area (Å²) in [5, 5.41) is 0. The number of fused-ring (bicyclic) bond motifs is 2. The van der Waals surface area contributed by atoms with E-state index in [2.05, 4.69) is 9.97 Å². The summed E-state index contributed by atoms with van der Waals surface area (Å²) in [7, 11) is 0. The van der Waals surface area contributed by atoms with Crippen LogP contribution in [0, 0.1) is 0 Å². The first-order chi connectivity index (χ1) is 12.2. The van der Waals surface area contributed by atoms with E-state index in [0.717, 1.165) is 0 Å². The minimum Gasteiger partial charge on any atom is -0.490 e. The minimum atomic E-state index is -0.368. The number of benzene rings is 2. The Balaban J connectivity index is 2.13. The molecule has 0 radical (unpaired) electrons. The van der Waals surface area contributed by atoms with E-state index in [1.165, 1.54) is 0 Å². The van der Waals surface area contributed by atoms with Crippen molar-refractivity contribution in [1.29, 1.82) is 0 Å². The van der Waals surface area contributed by atoms with Gasteiger partial charge in [0.1, 0.15) is 0 Å². The number of esters is 1. The number of ether oxygens (including phenoxy) is 3. The molecule has 6 nitrogen and oxygen atoms in total. The highest BCUT2D eigenvalue weighted by Crippen LogP contribution is 2.32. The summed E-state index contributed by atoms with van der Waals surface area (Å²) in [4.78, 5) is 21.1. The normalized spacial score (nSPS) is 10.8. The van der Waals surface area contributed by atoms with Crippen LogP contribution in [0.5, 0.6) is 11.5 Å². The molecule has 130 valence electrons. The maximum absolute atomic E-state index is 11.9. The molecule has 0 unspecified atom stereocenters. The molecule has 0 saturated carbocycles. The van der Waals surface area contributed by atoms with Crippen LogP contribution >= 0.6 is 0 Å². The zero-order valence-corrected chi connectivity index (χ0v) is 14.5. The van der Waals surface area contributed by atoms with Crippen molar-refractivity contribution in [2.75, 3.05) is 19.8 Å². The van der Waals surface area contributed by atoms with Gasteiger partial charge in [-0.15, -0.1) is 0 Å². The second kappa shape index (κ2) is 7.34. The fraction of sp³-hybridized carbons (Fsp3) is 0.316. The summed E-state index contributed by atoms with van der Waals surface area (Å²) >= 11 is 0. The third kappa shape index (κ3) is 3.47. The lowest BCUT2D eigenvalue weighted by Crippen LogP contribution is -2.04. The van der Waals surface area contributed by atoms with E-state index in [9.17, 15) is 4.79 Å². The van der Waals surface area contributed by atoms with Crippen molar-refractivity contribution in [1.82, 2.24) is 9.97 Å². The van der Waals surface area contributed by atoms with E-state index in [-0.39, 0.29) is 5.97 Å². The highest BCUT2D eigenvalue weighted by Gasteiger charge is 2.12. The molecule has 3 rings (SSSR count). The third-order valence-corrected chi connectivity index (χ3v) is 3.61. The summed E-state index contributed by atoms with van der Waals surface area (Å²) in [6, 6.07) is 8.79. The summed E-state index contributed by atoms with van der Waals surface area (Å²) < 4.78 is 16.3. The van der Waals surface area contributed by atoms with Gasteiger partial charge in [0.2, 0.25) is 0 Å². The van der Waals surface area contributed by atoms with Gasteiger partial charge in [-0.2, -0.15) is 0 Å². The fourth-order valence-electron chi connectivity index (χ4n) is 2.56. The molecular formula is C19H20N2O4. The zero-order valence-electron chi connectivity index (χ0n) is 14.5. The Hall–Kier alpha value is -2.89. The van der Waals surface area contributed by atoms with Crippen LogP contribution in [0.1, 0.15) is 31.1 Å². The first-order valence-electron chi connectivity index (χ1n) is 8.34. The van der Waals surface area contributed by atoms with Crippen LogP contribution in [-0.4, -0.2) is 35.8 Å². The van der Waals surface area contributed by atoms with E-state index >= 15 is 0 Å². The van der Waals surface area contributed by atoms with Crippen LogP contribution in [-0.2, 0) is 4.74 Å². The van der Waals surface area contributed by atoms with Crippen LogP contribution < -0.4 is 9.47 Å². The lowest BCUT2D eigenvalue weighted by Gasteiger charge is -2.12. The molecule has 0 amide bonds. The first-order valence-corrected chi connectivity index (χ1v) is 8.34. The molecule has 1 aromatic heterocycles. The van der Waals surface area contributed by atoms with E-state index in [1.807, 2.05) is 26.0 Å². The topological polar surface area (TPSA) is 70.5 Å². The lowest BCUT2D eigenvalue weighted by molar-refractivity contribution is 0.0526. The van der Waals surface area contributed by atoms with Crippen molar-refractivity contribution in [3.05, 3.63) is 35.9 Å². The minimum absolute atomic E-state index is 0.332. The second-order valence-corrected chi connectivity index (χ2v) is 5.30. The molecule has 2 aromatic carbocycles. The Morgan fingerprint density at radius 3 is 1.92 bits per heavy atom. The Bertz CT molecular complexity index is 924. The molecule has 0 atom stereocenters. The average molecular weight is 340 g/mol. The Kier molecular flexibility index (Phi) is 4.97. The molecule has 0 saturated heterocycles. The van der Waals surface area contributed by atoms with Crippen molar-refractivity contribution in [3.8, 4) is 11.5 Å². The largest absolute Gasteiger partial charge is 0.490 e. The monoisotopic (exact) mass is 340 g/mol. The van der Waals surface area contributed by atoms with E-state index in [1.54, 1.807) is 25.1 Å². The maximum atomic E-state index is 11.9. The maximum Gasteiger partial charge on any atom is 0.338 e. The number of rotatable bonds is 6. The van der Waals surface area contributed by atoms with Gasteiger partial charge in [-0.3, -0.25) is 0 Å². The first kappa shape index (κ1) is 17.0. The molecule has 0 spiro atoms. The van der Waals surface area contributed by atoms with Crippen LogP contribution in [0.4, 0.5) is 0 Å². The van der Waals surface area contributed by atoms with Crippen LogP contribution in [0.15, 0.2) is 30.3 Å². The quantitative estimate of drug-likeness (QED) is 0.503. The van der Waals surface area contributed by atoms with Crippen LogP contribution in [0.2, 0.25) is 0 Å². The molecule has 0 aliphatic heterocycles. The van der Waals surface area contributed by atoms with Gasteiger partial charge >= 0.3 is 5.97 Å². The van der Waals surface area contributed by atoms with Crippen molar-refractivity contribution in [2.24, 2.45) is 0 Å². The number of aromatic nitrogens is 2. The van der Waals surface area contributed by atoms with Crippen molar-refractivity contribution >= 4 is 28.0 Å². The van der Waals surface area contributed by atoms with Gasteiger partial charge in [-0.05, 0) is 39.0 Å². The summed E-state index contributed by atoms with van der Waals surface area (Å²) in [5.74, 6) is 0.911. The molecule has 0 fully saturated rings. The Labute approximate surface area is 145 Å². The van der Waals surface area contributed by atoms with Crippen LogP contribution in [0.25, 0.3) is 22.1 Å². The van der Waals surface area contributed by atoms with E-state index in [0.29, 0.717) is 58.9 Å². The van der Waals surface area contributed by atoms with Gasteiger partial charge in [-0.1, -0.05) is 0 Å². The number of carbonyl (C=O) groups excluding carboxylic acids is 1. The Morgan fingerprint density at radius 2 is 1.36 bits per heavy atom. The van der Waals surface area contributed by atoms with Crippen LogP contribution in [0.3, 0.4) is 0 Å². The SMILES string of the molecule is CCOC(=O)c1ccc2nc3cc(OCC)c(OCC)cc3nc2c1. The highest BCUT2D eigenvalue weighted by molar-refractivity contribution is 5.95. The van der Waals surface area contributed by atoms with E-state index in [4.69, 9.17) is 14.2 Å². The Morgan fingerprint density at radius 1 is 0.800 bits per heavy atom. The zero-order chi connectivity index (χ0) is 17.8. The number of nitrogens with zero attached hydrogens (tertiary/aromatic N) is 2. The number of carbonyl (C=O) groups is 1. The smallest absolute Gasteiger partial charge is 0.338 e. The van der Waals surface area contributed by atoms with Crippen molar-refractivity contribution in [2.45, 2.75) is 20.8 Å². The summed E-state index contributed by atoms with van der Waals surface area (Å²) in [5.41, 5.74) is 3.18. The number of hydrogen-bond acceptors (Lipinski definition) is 6. The molecule has 1 heterocycles. The van der Waals surface area contributed by atoms with Crippen molar-refractivity contribution < 1.29 is 19.0 Å². The van der Waals surface area contributed by atoms with E-state index < -0.39 is 0 Å². The average Bonchev–Trinajstić information content (AvgIpc) is 2.61. The molecule has 0 bridgehead atoms. The fourth-order valence-corrected chi connectivity index (χ4v) is 2.56. The third-order valence-electron chi connectivity index (χ3n) is 3.61. The van der Waals surface area contributed by atoms with Gasteiger partial charge in [0.05, 0.1) is 47.5 Å². The summed E-state index contributed by atoms with van der Waals surface area (Å²) in [6.07, 6.45) is 0.